The van der Waals surface area contributed by atoms with Crippen LogP contribution in [0.4, 0.5) is 29.3 Å². The third-order valence-electron chi connectivity index (χ3n) is 6.47. The van der Waals surface area contributed by atoms with Gasteiger partial charge in [-0.3, -0.25) is 4.90 Å². The number of likely N-dealkylation sites (tertiary alicyclic amines) is 1. The van der Waals surface area contributed by atoms with E-state index in [1.54, 1.807) is 36.1 Å². The highest BCUT2D eigenvalue weighted by Gasteiger charge is 2.39. The lowest BCUT2D eigenvalue weighted by Crippen LogP contribution is -2.55. The Balaban J connectivity index is 0.000000195. The van der Waals surface area contributed by atoms with Gasteiger partial charge in [-0.25, -0.2) is 31.6 Å². The first kappa shape index (κ1) is 25.1. The SMILES string of the molecule is CNc1nc(N)nn2ccc(-c3ccn4ncc(C(F)CF)c4n3)c12.FC1(F)CCCN(C2COC2)C1. The summed E-state index contributed by atoms with van der Waals surface area (Å²) in [5.41, 5.74) is 8.04. The molecule has 4 aromatic heterocycles. The van der Waals surface area contributed by atoms with Crippen LogP contribution < -0.4 is 11.1 Å². The van der Waals surface area contributed by atoms with E-state index in [0.29, 0.717) is 36.7 Å². The normalized spacial score (nSPS) is 18.8. The van der Waals surface area contributed by atoms with Gasteiger partial charge in [-0.05, 0) is 25.1 Å². The van der Waals surface area contributed by atoms with Gasteiger partial charge >= 0.3 is 0 Å². The second-order valence-electron chi connectivity index (χ2n) is 9.02. The number of halogens is 4. The largest absolute Gasteiger partial charge is 0.378 e. The Morgan fingerprint density at radius 3 is 2.68 bits per heavy atom. The van der Waals surface area contributed by atoms with Crippen molar-refractivity contribution in [1.29, 1.82) is 0 Å². The molecular weight excluding hydrogens is 494 g/mol. The van der Waals surface area contributed by atoms with E-state index >= 15 is 0 Å². The van der Waals surface area contributed by atoms with Crippen LogP contribution in [0.3, 0.4) is 0 Å². The van der Waals surface area contributed by atoms with Crippen molar-refractivity contribution in [2.45, 2.75) is 31.0 Å². The molecule has 1 unspecified atom stereocenters. The molecule has 0 aliphatic carbocycles. The maximum absolute atomic E-state index is 13.8. The Bertz CT molecular complexity index is 1390. The summed E-state index contributed by atoms with van der Waals surface area (Å²) in [5, 5.41) is 11.1. The van der Waals surface area contributed by atoms with Crippen LogP contribution in [0.1, 0.15) is 24.6 Å². The molecule has 0 amide bonds. The summed E-state index contributed by atoms with van der Waals surface area (Å²) < 4.78 is 60.3. The molecule has 0 radical (unpaired) electrons. The maximum Gasteiger partial charge on any atom is 0.260 e. The number of ether oxygens (including phenoxy) is 1. The number of nitrogens with two attached hydrogens (primary N) is 1. The van der Waals surface area contributed by atoms with E-state index in [9.17, 15) is 17.6 Å². The van der Waals surface area contributed by atoms with E-state index in [-0.39, 0.29) is 36.2 Å². The van der Waals surface area contributed by atoms with E-state index in [1.165, 1.54) is 10.7 Å². The Kier molecular flexibility index (Phi) is 6.86. The third kappa shape index (κ3) is 5.03. The van der Waals surface area contributed by atoms with Gasteiger partial charge in [-0.2, -0.15) is 10.1 Å². The molecule has 1 atom stereocenters. The smallest absolute Gasteiger partial charge is 0.260 e. The Morgan fingerprint density at radius 2 is 2.00 bits per heavy atom. The molecule has 10 nitrogen and oxygen atoms in total. The number of rotatable bonds is 5. The minimum absolute atomic E-state index is 0.0527. The summed E-state index contributed by atoms with van der Waals surface area (Å²) >= 11 is 0. The number of anilines is 2. The maximum atomic E-state index is 13.8. The topological polar surface area (TPSA) is 111 Å². The van der Waals surface area contributed by atoms with Gasteiger partial charge in [0, 0.05) is 31.4 Å². The van der Waals surface area contributed by atoms with Crippen molar-refractivity contribution in [2.24, 2.45) is 0 Å². The lowest BCUT2D eigenvalue weighted by molar-refractivity contribution is -0.126. The lowest BCUT2D eigenvalue weighted by Gasteiger charge is -2.41. The fraction of sp³-hybridized carbons (Fsp3) is 0.478. The first-order valence-corrected chi connectivity index (χ1v) is 11.9. The second-order valence-corrected chi connectivity index (χ2v) is 9.02. The van der Waals surface area contributed by atoms with E-state index in [1.807, 2.05) is 4.90 Å². The van der Waals surface area contributed by atoms with Gasteiger partial charge in [0.25, 0.3) is 5.92 Å². The van der Waals surface area contributed by atoms with Crippen LogP contribution in [-0.2, 0) is 4.74 Å². The predicted octanol–water partition coefficient (Wildman–Crippen LogP) is 3.16. The van der Waals surface area contributed by atoms with Crippen LogP contribution in [0.2, 0.25) is 0 Å². The summed E-state index contributed by atoms with van der Waals surface area (Å²) in [5.74, 6) is -1.80. The fourth-order valence-corrected chi connectivity index (χ4v) is 4.51. The molecule has 2 fully saturated rings. The summed E-state index contributed by atoms with van der Waals surface area (Å²) in [4.78, 5) is 10.5. The Morgan fingerprint density at radius 1 is 1.22 bits per heavy atom. The van der Waals surface area contributed by atoms with Gasteiger partial charge in [-0.1, -0.05) is 0 Å². The average Bonchev–Trinajstić information content (AvgIpc) is 3.45. The van der Waals surface area contributed by atoms with Crippen LogP contribution in [0.15, 0.2) is 30.7 Å². The molecule has 2 saturated heterocycles. The van der Waals surface area contributed by atoms with Gasteiger partial charge in [-0.15, -0.1) is 5.10 Å². The van der Waals surface area contributed by atoms with Crippen LogP contribution in [-0.4, -0.2) is 86.1 Å². The van der Waals surface area contributed by atoms with Gasteiger partial charge < -0.3 is 15.8 Å². The number of alkyl halides is 4. The van der Waals surface area contributed by atoms with Gasteiger partial charge in [0.2, 0.25) is 5.95 Å². The lowest BCUT2D eigenvalue weighted by atomic mass is 10.0. The quantitative estimate of drug-likeness (QED) is 0.386. The number of nitrogens with zero attached hydrogens (tertiary/aromatic N) is 7. The Labute approximate surface area is 209 Å². The zero-order valence-electron chi connectivity index (χ0n) is 20.1. The van der Waals surface area contributed by atoms with Gasteiger partial charge in [0.1, 0.15) is 12.2 Å². The number of piperidine rings is 1. The molecule has 3 N–H and O–H groups in total. The molecule has 0 bridgehead atoms. The van der Waals surface area contributed by atoms with Crippen molar-refractivity contribution in [3.63, 3.8) is 0 Å². The monoisotopic (exact) mass is 521 g/mol. The Hall–Kier alpha value is -3.52. The highest BCUT2D eigenvalue weighted by atomic mass is 19.3. The number of hydrogen-bond acceptors (Lipinski definition) is 8. The van der Waals surface area contributed by atoms with Crippen molar-refractivity contribution in [2.75, 3.05) is 51.1 Å². The molecule has 4 aromatic rings. The molecule has 0 saturated carbocycles. The van der Waals surface area contributed by atoms with Crippen LogP contribution in [0.25, 0.3) is 22.4 Å². The van der Waals surface area contributed by atoms with Crippen molar-refractivity contribution >= 4 is 22.9 Å². The molecule has 6 rings (SSSR count). The number of hydrogen-bond donors (Lipinski definition) is 2. The number of aromatic nitrogens is 6. The minimum Gasteiger partial charge on any atom is -0.378 e. The number of nitrogen functional groups attached to an aromatic ring is 1. The molecule has 2 aliphatic heterocycles. The molecule has 198 valence electrons. The van der Waals surface area contributed by atoms with Crippen molar-refractivity contribution in [3.8, 4) is 11.3 Å². The standard InChI is InChI=1S/C15H14F2N8.C8H13F2NO/c1-19-13-12-8(2-4-24(12)23-15(18)22-13)11-3-5-25-14(21-11)9(7-20-25)10(17)6-16;9-8(10)2-1-3-11(6-8)7-4-12-5-7/h2-5,7,10H,6H2,1H3,(H3,18,19,22,23);7H,1-6H2. The predicted molar refractivity (Wildman–Crippen MR) is 129 cm³/mol. The molecular formula is C23H27F4N9O. The average molecular weight is 522 g/mol. The van der Waals surface area contributed by atoms with E-state index in [0.717, 1.165) is 12.1 Å². The van der Waals surface area contributed by atoms with Crippen LogP contribution >= 0.6 is 0 Å². The van der Waals surface area contributed by atoms with Crippen molar-refractivity contribution < 1.29 is 22.3 Å². The molecule has 6 heterocycles. The van der Waals surface area contributed by atoms with E-state index in [4.69, 9.17) is 10.5 Å². The fourth-order valence-electron chi connectivity index (χ4n) is 4.51. The van der Waals surface area contributed by atoms with Crippen molar-refractivity contribution in [1.82, 2.24) is 34.1 Å². The summed E-state index contributed by atoms with van der Waals surface area (Å²) in [7, 11) is 1.72. The first-order valence-electron chi connectivity index (χ1n) is 11.9. The third-order valence-corrected chi connectivity index (χ3v) is 6.47. The summed E-state index contributed by atoms with van der Waals surface area (Å²) in [6.07, 6.45) is 3.57. The zero-order chi connectivity index (χ0) is 26.2. The number of nitrogens with one attached hydrogen (secondary N) is 1. The van der Waals surface area contributed by atoms with Crippen LogP contribution in [0.5, 0.6) is 0 Å². The second kappa shape index (κ2) is 10.1. The minimum atomic E-state index is -2.46. The van der Waals surface area contributed by atoms with Gasteiger partial charge in [0.15, 0.2) is 17.6 Å². The highest BCUT2D eigenvalue weighted by molar-refractivity contribution is 5.87. The molecule has 37 heavy (non-hydrogen) atoms. The molecule has 0 spiro atoms. The first-order chi connectivity index (χ1) is 17.8. The molecule has 2 aliphatic rings. The zero-order valence-corrected chi connectivity index (χ0v) is 20.1. The highest BCUT2D eigenvalue weighted by Crippen LogP contribution is 2.31. The number of fused-ring (bicyclic) bond motifs is 2. The molecule has 14 heteroatoms. The van der Waals surface area contributed by atoms with Crippen molar-refractivity contribution in [3.05, 3.63) is 36.3 Å². The van der Waals surface area contributed by atoms with Gasteiger partial charge in [0.05, 0.1) is 43.3 Å². The summed E-state index contributed by atoms with van der Waals surface area (Å²) in [6.45, 7) is 0.885. The van der Waals surface area contributed by atoms with E-state index in [2.05, 4.69) is 25.5 Å². The molecule has 0 aromatic carbocycles. The summed E-state index contributed by atoms with van der Waals surface area (Å²) in [6, 6.07) is 3.80. The van der Waals surface area contributed by atoms with Crippen LogP contribution in [0, 0.1) is 0 Å². The van der Waals surface area contributed by atoms with E-state index < -0.39 is 18.8 Å².